The van der Waals surface area contributed by atoms with Crippen molar-refractivity contribution >= 4 is 17.3 Å². The molecule has 1 aromatic carbocycles. The molecule has 0 saturated heterocycles. The van der Waals surface area contributed by atoms with Crippen LogP contribution in [0.5, 0.6) is 11.5 Å². The normalized spacial score (nSPS) is 17.9. The lowest BCUT2D eigenvalue weighted by Gasteiger charge is -2.31. The highest BCUT2D eigenvalue weighted by molar-refractivity contribution is 6.32. The predicted octanol–water partition coefficient (Wildman–Crippen LogP) is 3.13. The zero-order valence-corrected chi connectivity index (χ0v) is 15.5. The van der Waals surface area contributed by atoms with E-state index in [2.05, 4.69) is 22.5 Å². The number of fused-ring (bicyclic) bond motifs is 1. The van der Waals surface area contributed by atoms with Crippen molar-refractivity contribution in [2.75, 3.05) is 25.1 Å². The molecule has 2 heterocycles. The lowest BCUT2D eigenvalue weighted by atomic mass is 9.78. The fourth-order valence-electron chi connectivity index (χ4n) is 3.89. The van der Waals surface area contributed by atoms with Crippen molar-refractivity contribution in [2.24, 2.45) is 7.05 Å². The van der Waals surface area contributed by atoms with E-state index >= 15 is 0 Å². The monoisotopic (exact) mass is 375 g/mol. The van der Waals surface area contributed by atoms with E-state index in [4.69, 9.17) is 21.1 Å². The number of hydrogen-bond acceptors (Lipinski definition) is 5. The SMILES string of the molecule is Cn1ncc(NCC2(c3ccc4c(c3)OCCO4)CCCC2)c(Cl)c1=O. The molecule has 4 rings (SSSR count). The van der Waals surface area contributed by atoms with Crippen LogP contribution in [0.25, 0.3) is 0 Å². The molecule has 0 spiro atoms. The third kappa shape index (κ3) is 3.03. The Hall–Kier alpha value is -2.21. The summed E-state index contributed by atoms with van der Waals surface area (Å²) in [7, 11) is 1.59. The zero-order valence-electron chi connectivity index (χ0n) is 14.8. The minimum Gasteiger partial charge on any atom is -0.486 e. The number of ether oxygens (including phenoxy) is 2. The van der Waals surface area contributed by atoms with Crippen molar-refractivity contribution in [3.8, 4) is 11.5 Å². The summed E-state index contributed by atoms with van der Waals surface area (Å²) in [5, 5.41) is 7.60. The summed E-state index contributed by atoms with van der Waals surface area (Å²) in [6, 6.07) is 6.23. The molecular weight excluding hydrogens is 354 g/mol. The molecule has 1 aliphatic heterocycles. The number of nitrogens with one attached hydrogen (secondary N) is 1. The highest BCUT2D eigenvalue weighted by Gasteiger charge is 2.36. The first-order valence-corrected chi connectivity index (χ1v) is 9.33. The minimum absolute atomic E-state index is 0.0136. The number of halogens is 1. The first-order valence-electron chi connectivity index (χ1n) is 8.95. The molecule has 6 nitrogen and oxygen atoms in total. The molecule has 1 aromatic heterocycles. The zero-order chi connectivity index (χ0) is 18.1. The van der Waals surface area contributed by atoms with Gasteiger partial charge in [0.05, 0.1) is 11.9 Å². The van der Waals surface area contributed by atoms with Crippen LogP contribution in [0, 0.1) is 0 Å². The maximum atomic E-state index is 12.0. The Morgan fingerprint density at radius 3 is 2.73 bits per heavy atom. The molecule has 2 aliphatic rings. The molecule has 1 aliphatic carbocycles. The number of aryl methyl sites for hydroxylation is 1. The fourth-order valence-corrected chi connectivity index (χ4v) is 4.13. The number of rotatable bonds is 4. The number of hydrogen-bond donors (Lipinski definition) is 1. The van der Waals surface area contributed by atoms with Gasteiger partial charge in [-0.25, -0.2) is 4.68 Å². The largest absolute Gasteiger partial charge is 0.486 e. The summed E-state index contributed by atoms with van der Waals surface area (Å²) < 4.78 is 12.6. The van der Waals surface area contributed by atoms with Crippen molar-refractivity contribution < 1.29 is 9.47 Å². The van der Waals surface area contributed by atoms with E-state index < -0.39 is 0 Å². The third-order valence-electron chi connectivity index (χ3n) is 5.41. The summed E-state index contributed by atoms with van der Waals surface area (Å²) in [6.07, 6.45) is 6.12. The van der Waals surface area contributed by atoms with Gasteiger partial charge in [0, 0.05) is 19.0 Å². The van der Waals surface area contributed by atoms with E-state index in [0.29, 0.717) is 25.4 Å². The quantitative estimate of drug-likeness (QED) is 0.889. The molecule has 1 N–H and O–H groups in total. The van der Waals surface area contributed by atoms with Crippen LogP contribution in [-0.4, -0.2) is 29.5 Å². The second kappa shape index (κ2) is 6.83. The molecule has 1 saturated carbocycles. The van der Waals surface area contributed by atoms with Crippen molar-refractivity contribution in [3.63, 3.8) is 0 Å². The summed E-state index contributed by atoms with van der Waals surface area (Å²) >= 11 is 6.20. The number of nitrogens with zero attached hydrogens (tertiary/aromatic N) is 2. The maximum absolute atomic E-state index is 12.0. The molecule has 0 radical (unpaired) electrons. The smallest absolute Gasteiger partial charge is 0.287 e. The fraction of sp³-hybridized carbons (Fsp3) is 0.474. The molecule has 0 unspecified atom stereocenters. The van der Waals surface area contributed by atoms with Crippen LogP contribution in [0.1, 0.15) is 31.2 Å². The van der Waals surface area contributed by atoms with Gasteiger partial charge in [-0.1, -0.05) is 30.5 Å². The molecule has 0 bridgehead atoms. The molecule has 1 fully saturated rings. The van der Waals surface area contributed by atoms with Crippen LogP contribution in [0.4, 0.5) is 5.69 Å². The highest BCUT2D eigenvalue weighted by atomic mass is 35.5. The van der Waals surface area contributed by atoms with Gasteiger partial charge in [-0.05, 0) is 30.5 Å². The van der Waals surface area contributed by atoms with Gasteiger partial charge in [-0.3, -0.25) is 4.79 Å². The van der Waals surface area contributed by atoms with E-state index in [-0.39, 0.29) is 16.0 Å². The van der Waals surface area contributed by atoms with Gasteiger partial charge in [0.15, 0.2) is 11.5 Å². The van der Waals surface area contributed by atoms with E-state index in [0.717, 1.165) is 24.3 Å². The van der Waals surface area contributed by atoms with Gasteiger partial charge in [-0.15, -0.1) is 0 Å². The van der Waals surface area contributed by atoms with Gasteiger partial charge < -0.3 is 14.8 Å². The van der Waals surface area contributed by atoms with Crippen LogP contribution in [0.15, 0.2) is 29.2 Å². The lowest BCUT2D eigenvalue weighted by Crippen LogP contribution is -2.32. The standard InChI is InChI=1S/C19H22ClN3O3/c1-23-18(24)17(20)14(11-22-23)21-12-19(6-2-3-7-19)13-4-5-15-16(10-13)26-9-8-25-15/h4-5,10-11,21H,2-3,6-9,12H2,1H3. The number of anilines is 1. The Morgan fingerprint density at radius 1 is 1.23 bits per heavy atom. The average Bonchev–Trinajstić information content (AvgIpc) is 3.15. The van der Waals surface area contributed by atoms with Crippen LogP contribution in [0.3, 0.4) is 0 Å². The van der Waals surface area contributed by atoms with E-state index in [1.165, 1.54) is 23.1 Å². The first kappa shape index (κ1) is 17.2. The Kier molecular flexibility index (Phi) is 4.53. The van der Waals surface area contributed by atoms with E-state index in [9.17, 15) is 4.79 Å². The van der Waals surface area contributed by atoms with Crippen LogP contribution >= 0.6 is 11.6 Å². The van der Waals surface area contributed by atoms with Gasteiger partial charge in [-0.2, -0.15) is 5.10 Å². The molecule has 26 heavy (non-hydrogen) atoms. The predicted molar refractivity (Wildman–Crippen MR) is 101 cm³/mol. The summed E-state index contributed by atoms with van der Waals surface area (Å²) in [5.41, 5.74) is 1.51. The van der Waals surface area contributed by atoms with Gasteiger partial charge >= 0.3 is 0 Å². The van der Waals surface area contributed by atoms with E-state index in [1.807, 2.05) is 6.07 Å². The van der Waals surface area contributed by atoms with Crippen LogP contribution in [-0.2, 0) is 12.5 Å². The number of aromatic nitrogens is 2. The molecule has 138 valence electrons. The second-order valence-electron chi connectivity index (χ2n) is 7.00. The van der Waals surface area contributed by atoms with Gasteiger partial charge in [0.2, 0.25) is 0 Å². The van der Waals surface area contributed by atoms with Crippen molar-refractivity contribution in [1.29, 1.82) is 0 Å². The Balaban J connectivity index is 1.61. The van der Waals surface area contributed by atoms with Crippen molar-refractivity contribution in [2.45, 2.75) is 31.1 Å². The molecule has 0 amide bonds. The van der Waals surface area contributed by atoms with Crippen LogP contribution in [0.2, 0.25) is 5.02 Å². The summed E-state index contributed by atoms with van der Waals surface area (Å²) in [6.45, 7) is 1.87. The second-order valence-corrected chi connectivity index (χ2v) is 7.38. The van der Waals surface area contributed by atoms with E-state index in [1.54, 1.807) is 13.2 Å². The Morgan fingerprint density at radius 2 is 1.96 bits per heavy atom. The summed E-state index contributed by atoms with van der Waals surface area (Å²) in [4.78, 5) is 12.0. The number of benzene rings is 1. The minimum atomic E-state index is -0.295. The first-order chi connectivity index (χ1) is 12.6. The maximum Gasteiger partial charge on any atom is 0.287 e. The molecule has 0 atom stereocenters. The van der Waals surface area contributed by atoms with Crippen molar-refractivity contribution in [3.05, 3.63) is 45.3 Å². The van der Waals surface area contributed by atoms with Gasteiger partial charge in [0.25, 0.3) is 5.56 Å². The van der Waals surface area contributed by atoms with Crippen LogP contribution < -0.4 is 20.3 Å². The molecule has 7 heteroatoms. The van der Waals surface area contributed by atoms with Crippen molar-refractivity contribution in [1.82, 2.24) is 9.78 Å². The Bertz CT molecular complexity index is 875. The lowest BCUT2D eigenvalue weighted by molar-refractivity contribution is 0.171. The molecule has 2 aromatic rings. The highest BCUT2D eigenvalue weighted by Crippen LogP contribution is 2.44. The third-order valence-corrected chi connectivity index (χ3v) is 5.78. The van der Waals surface area contributed by atoms with Gasteiger partial charge in [0.1, 0.15) is 18.2 Å². The topological polar surface area (TPSA) is 65.4 Å². The average molecular weight is 376 g/mol. The Labute approximate surface area is 157 Å². The summed E-state index contributed by atoms with van der Waals surface area (Å²) in [5.74, 6) is 1.62. The molecular formula is C19H22ClN3O3.